The monoisotopic (exact) mass is 321 g/mol. The minimum Gasteiger partial charge on any atom is -0.488 e. The number of hydrogen-bond donors (Lipinski definition) is 0. The van der Waals surface area contributed by atoms with Crippen LogP contribution >= 0.6 is 0 Å². The van der Waals surface area contributed by atoms with E-state index in [0.717, 1.165) is 39.3 Å². The minimum atomic E-state index is -0.517. The Morgan fingerprint density at radius 1 is 1.08 bits per heavy atom. The summed E-state index contributed by atoms with van der Waals surface area (Å²) in [7, 11) is 0. The second-order valence-electron chi connectivity index (χ2n) is 6.99. The molecular formula is C21H23NO2. The van der Waals surface area contributed by atoms with Crippen LogP contribution in [0.5, 0.6) is 11.5 Å². The van der Waals surface area contributed by atoms with E-state index in [1.807, 2.05) is 45.9 Å². The Hall–Kier alpha value is -2.47. The van der Waals surface area contributed by atoms with Crippen LogP contribution in [0.2, 0.25) is 0 Å². The second kappa shape index (κ2) is 5.87. The summed E-state index contributed by atoms with van der Waals surface area (Å²) >= 11 is 0. The Morgan fingerprint density at radius 2 is 1.75 bits per heavy atom. The number of fused-ring (bicyclic) bond motifs is 1. The molecule has 0 saturated carbocycles. The van der Waals surface area contributed by atoms with Crippen LogP contribution in [0, 0.1) is 32.1 Å². The van der Waals surface area contributed by atoms with Crippen molar-refractivity contribution in [2.24, 2.45) is 0 Å². The predicted octanol–water partition coefficient (Wildman–Crippen LogP) is 4.97. The molecule has 1 atom stereocenters. The van der Waals surface area contributed by atoms with Gasteiger partial charge in [-0.3, -0.25) is 0 Å². The first-order chi connectivity index (χ1) is 11.4. The van der Waals surface area contributed by atoms with E-state index in [2.05, 4.69) is 25.1 Å². The first-order valence-corrected chi connectivity index (χ1v) is 8.25. The molecule has 0 spiro atoms. The van der Waals surface area contributed by atoms with Crippen molar-refractivity contribution in [2.45, 2.75) is 52.7 Å². The van der Waals surface area contributed by atoms with Gasteiger partial charge in [-0.15, -0.1) is 0 Å². The Balaban J connectivity index is 2.04. The SMILES string of the molecule is Cc1c(C)c2c(c(C)c1OCc1ccccc1)C(C#N)C(C)(C)O2. The normalized spacial score (nSPS) is 17.8. The lowest BCUT2D eigenvalue weighted by atomic mass is 9.84. The van der Waals surface area contributed by atoms with Gasteiger partial charge in [0.2, 0.25) is 0 Å². The molecule has 1 aliphatic rings. The number of hydrogen-bond acceptors (Lipinski definition) is 3. The van der Waals surface area contributed by atoms with Gasteiger partial charge >= 0.3 is 0 Å². The van der Waals surface area contributed by atoms with E-state index >= 15 is 0 Å². The summed E-state index contributed by atoms with van der Waals surface area (Å²) in [4.78, 5) is 0. The lowest BCUT2D eigenvalue weighted by Crippen LogP contribution is -2.29. The van der Waals surface area contributed by atoms with E-state index in [1.54, 1.807) is 0 Å². The average Bonchev–Trinajstić information content (AvgIpc) is 2.84. The predicted molar refractivity (Wildman–Crippen MR) is 94.5 cm³/mol. The highest BCUT2D eigenvalue weighted by Gasteiger charge is 2.44. The van der Waals surface area contributed by atoms with Crippen molar-refractivity contribution in [3.05, 3.63) is 58.1 Å². The second-order valence-corrected chi connectivity index (χ2v) is 6.99. The minimum absolute atomic E-state index is 0.286. The highest BCUT2D eigenvalue weighted by molar-refractivity contribution is 5.63. The fraction of sp³-hybridized carbons (Fsp3) is 0.381. The quantitative estimate of drug-likeness (QED) is 0.801. The van der Waals surface area contributed by atoms with Gasteiger partial charge in [0.15, 0.2) is 0 Å². The molecule has 0 N–H and O–H groups in total. The first kappa shape index (κ1) is 16.4. The van der Waals surface area contributed by atoms with Crippen LogP contribution in [-0.2, 0) is 6.61 Å². The third-order valence-electron chi connectivity index (χ3n) is 4.94. The van der Waals surface area contributed by atoms with Crippen LogP contribution in [0.15, 0.2) is 30.3 Å². The molecule has 0 bridgehead atoms. The van der Waals surface area contributed by atoms with Crippen molar-refractivity contribution in [1.82, 2.24) is 0 Å². The molecule has 124 valence electrons. The molecule has 2 aromatic rings. The van der Waals surface area contributed by atoms with Crippen LogP contribution < -0.4 is 9.47 Å². The molecule has 1 unspecified atom stereocenters. The molecule has 1 aliphatic heterocycles. The molecule has 2 aromatic carbocycles. The smallest absolute Gasteiger partial charge is 0.128 e. The first-order valence-electron chi connectivity index (χ1n) is 8.25. The van der Waals surface area contributed by atoms with Crippen molar-refractivity contribution < 1.29 is 9.47 Å². The van der Waals surface area contributed by atoms with E-state index in [0.29, 0.717) is 6.61 Å². The fourth-order valence-electron chi connectivity index (χ4n) is 3.43. The standard InChI is InChI=1S/C21H23NO2/c1-13-14(2)20-18(17(11-22)21(4,5)24-20)15(3)19(13)23-12-16-9-7-6-8-10-16/h6-10,17H,12H2,1-5H3. The van der Waals surface area contributed by atoms with Crippen molar-refractivity contribution in [2.75, 3.05) is 0 Å². The summed E-state index contributed by atoms with van der Waals surface area (Å²) in [6.07, 6.45) is 0. The summed E-state index contributed by atoms with van der Waals surface area (Å²) in [5.41, 5.74) is 4.75. The number of nitriles is 1. The zero-order valence-corrected chi connectivity index (χ0v) is 14.9. The molecule has 3 heteroatoms. The molecule has 3 rings (SSSR count). The van der Waals surface area contributed by atoms with Crippen LogP contribution in [-0.4, -0.2) is 5.60 Å². The highest BCUT2D eigenvalue weighted by atomic mass is 16.5. The summed E-state index contributed by atoms with van der Waals surface area (Å²) in [5.74, 6) is 1.44. The van der Waals surface area contributed by atoms with E-state index in [-0.39, 0.29) is 5.92 Å². The van der Waals surface area contributed by atoms with Crippen LogP contribution in [0.1, 0.15) is 47.6 Å². The number of rotatable bonds is 3. The molecule has 0 amide bonds. The summed E-state index contributed by atoms with van der Waals surface area (Å²) in [6.45, 7) is 10.6. The third-order valence-corrected chi connectivity index (χ3v) is 4.94. The maximum Gasteiger partial charge on any atom is 0.128 e. The van der Waals surface area contributed by atoms with Crippen molar-refractivity contribution >= 4 is 0 Å². The zero-order valence-electron chi connectivity index (χ0n) is 14.9. The fourth-order valence-corrected chi connectivity index (χ4v) is 3.43. The summed E-state index contributed by atoms with van der Waals surface area (Å²) in [6, 6.07) is 12.5. The van der Waals surface area contributed by atoms with Gasteiger partial charge in [0.25, 0.3) is 0 Å². The van der Waals surface area contributed by atoms with Crippen molar-refractivity contribution in [3.8, 4) is 17.6 Å². The van der Waals surface area contributed by atoms with Gasteiger partial charge in [-0.25, -0.2) is 0 Å². The number of nitrogens with zero attached hydrogens (tertiary/aromatic N) is 1. The van der Waals surface area contributed by atoms with Gasteiger partial charge in [0.1, 0.15) is 29.6 Å². The topological polar surface area (TPSA) is 42.2 Å². The van der Waals surface area contributed by atoms with E-state index in [4.69, 9.17) is 9.47 Å². The van der Waals surface area contributed by atoms with Gasteiger partial charge in [-0.2, -0.15) is 5.26 Å². The molecule has 0 aliphatic carbocycles. The Labute approximate surface area is 143 Å². The highest BCUT2D eigenvalue weighted by Crippen LogP contribution is 2.51. The van der Waals surface area contributed by atoms with Crippen LogP contribution in [0.4, 0.5) is 0 Å². The van der Waals surface area contributed by atoms with Gasteiger partial charge in [-0.1, -0.05) is 30.3 Å². The Bertz CT molecular complexity index is 816. The molecular weight excluding hydrogens is 298 g/mol. The Morgan fingerprint density at radius 3 is 2.38 bits per heavy atom. The lowest BCUT2D eigenvalue weighted by Gasteiger charge is -2.21. The zero-order chi connectivity index (χ0) is 17.5. The number of benzene rings is 2. The van der Waals surface area contributed by atoms with Gasteiger partial charge in [0.05, 0.1) is 6.07 Å². The molecule has 0 saturated heterocycles. The molecule has 1 heterocycles. The molecule has 0 fully saturated rings. The van der Waals surface area contributed by atoms with Crippen LogP contribution in [0.3, 0.4) is 0 Å². The van der Waals surface area contributed by atoms with Gasteiger partial charge in [0, 0.05) is 5.56 Å². The maximum absolute atomic E-state index is 9.66. The molecule has 24 heavy (non-hydrogen) atoms. The van der Waals surface area contributed by atoms with E-state index < -0.39 is 5.60 Å². The molecule has 0 radical (unpaired) electrons. The van der Waals surface area contributed by atoms with Gasteiger partial charge < -0.3 is 9.47 Å². The lowest BCUT2D eigenvalue weighted by molar-refractivity contribution is 0.125. The Kier molecular flexibility index (Phi) is 4.01. The molecule has 3 nitrogen and oxygen atoms in total. The van der Waals surface area contributed by atoms with Crippen molar-refractivity contribution in [1.29, 1.82) is 5.26 Å². The third kappa shape index (κ3) is 2.53. The van der Waals surface area contributed by atoms with Crippen LogP contribution in [0.25, 0.3) is 0 Å². The van der Waals surface area contributed by atoms with Crippen molar-refractivity contribution in [3.63, 3.8) is 0 Å². The maximum atomic E-state index is 9.66. The van der Waals surface area contributed by atoms with E-state index in [1.165, 1.54) is 0 Å². The summed E-state index contributed by atoms with van der Waals surface area (Å²) in [5, 5.41) is 9.66. The van der Waals surface area contributed by atoms with E-state index in [9.17, 15) is 5.26 Å². The van der Waals surface area contributed by atoms with Gasteiger partial charge in [-0.05, 0) is 56.9 Å². The summed E-state index contributed by atoms with van der Waals surface area (Å²) < 4.78 is 12.3. The largest absolute Gasteiger partial charge is 0.488 e. The number of ether oxygens (including phenoxy) is 2. The molecule has 0 aromatic heterocycles. The average molecular weight is 321 g/mol.